The number of amides is 1. The molecule has 1 saturated heterocycles. The summed E-state index contributed by atoms with van der Waals surface area (Å²) < 4.78 is 0. The van der Waals surface area contributed by atoms with Gasteiger partial charge in [-0.05, 0) is 37.0 Å². The lowest BCUT2D eigenvalue weighted by Crippen LogP contribution is -2.40. The maximum absolute atomic E-state index is 12.5. The number of piperidine rings is 1. The van der Waals surface area contributed by atoms with Crippen LogP contribution in [0.5, 0.6) is 0 Å². The first-order valence-electron chi connectivity index (χ1n) is 9.34. The molecule has 3 heterocycles. The Morgan fingerprint density at radius 3 is 2.74 bits per heavy atom. The fourth-order valence-corrected chi connectivity index (χ4v) is 3.56. The number of anilines is 1. The number of hydrogen-bond donors (Lipinski definition) is 1. The van der Waals surface area contributed by atoms with E-state index in [-0.39, 0.29) is 11.8 Å². The van der Waals surface area contributed by atoms with Gasteiger partial charge in [-0.1, -0.05) is 24.3 Å². The third-order valence-electron chi connectivity index (χ3n) is 5.26. The van der Waals surface area contributed by atoms with Crippen LogP contribution >= 0.6 is 0 Å². The average Bonchev–Trinajstić information content (AvgIpc) is 2.73. The first-order valence-corrected chi connectivity index (χ1v) is 9.34. The normalized spacial score (nSPS) is 15.1. The summed E-state index contributed by atoms with van der Waals surface area (Å²) in [6, 6.07) is 10.2. The van der Waals surface area contributed by atoms with E-state index in [9.17, 15) is 4.79 Å². The maximum Gasteiger partial charge on any atom is 0.223 e. The molecule has 0 radical (unpaired) electrons. The lowest BCUT2D eigenvalue weighted by molar-refractivity contribution is -0.125. The number of nitrogens with zero attached hydrogens (tertiary/aromatic N) is 4. The summed E-state index contributed by atoms with van der Waals surface area (Å²) in [4.78, 5) is 27.7. The van der Waals surface area contributed by atoms with Crippen molar-refractivity contribution in [3.63, 3.8) is 0 Å². The number of carbonyl (C=O) groups excluding carboxylic acids is 1. The molecule has 6 heteroatoms. The van der Waals surface area contributed by atoms with Crippen molar-refractivity contribution < 1.29 is 4.79 Å². The van der Waals surface area contributed by atoms with Crippen LogP contribution in [0.2, 0.25) is 0 Å². The Morgan fingerprint density at radius 2 is 1.93 bits per heavy atom. The summed E-state index contributed by atoms with van der Waals surface area (Å²) in [5.74, 6) is 0.221. The van der Waals surface area contributed by atoms with E-state index < -0.39 is 0 Å². The third kappa shape index (κ3) is 3.89. The van der Waals surface area contributed by atoms with E-state index in [1.807, 2.05) is 24.4 Å². The molecule has 1 N–H and O–H groups in total. The van der Waals surface area contributed by atoms with Gasteiger partial charge in [0.1, 0.15) is 5.52 Å². The van der Waals surface area contributed by atoms with Gasteiger partial charge in [0.2, 0.25) is 5.91 Å². The highest BCUT2D eigenvalue weighted by Crippen LogP contribution is 2.24. The minimum atomic E-state index is 0.0680. The van der Waals surface area contributed by atoms with Crippen LogP contribution in [0.15, 0.2) is 48.9 Å². The van der Waals surface area contributed by atoms with Gasteiger partial charge in [-0.2, -0.15) is 0 Å². The quantitative estimate of drug-likeness (QED) is 0.774. The van der Waals surface area contributed by atoms with Crippen molar-refractivity contribution in [1.82, 2.24) is 20.3 Å². The number of nitrogens with one attached hydrogen (secondary N) is 1. The molecular formula is C21H23N5O. The second-order valence-corrected chi connectivity index (χ2v) is 7.00. The lowest BCUT2D eigenvalue weighted by Gasteiger charge is -2.32. The number of fused-ring (bicyclic) bond motifs is 1. The summed E-state index contributed by atoms with van der Waals surface area (Å²) in [6.07, 6.45) is 6.86. The summed E-state index contributed by atoms with van der Waals surface area (Å²) in [6.45, 7) is 4.35. The zero-order chi connectivity index (χ0) is 18.6. The minimum absolute atomic E-state index is 0.0680. The molecule has 6 nitrogen and oxygen atoms in total. The van der Waals surface area contributed by atoms with Crippen molar-refractivity contribution in [2.45, 2.75) is 26.3 Å². The van der Waals surface area contributed by atoms with Crippen LogP contribution in [0.1, 0.15) is 24.0 Å². The van der Waals surface area contributed by atoms with Crippen LogP contribution < -0.4 is 10.2 Å². The van der Waals surface area contributed by atoms with Gasteiger partial charge < -0.3 is 10.2 Å². The molecule has 2 aromatic heterocycles. The fourth-order valence-electron chi connectivity index (χ4n) is 3.56. The Labute approximate surface area is 158 Å². The van der Waals surface area contributed by atoms with E-state index in [1.165, 1.54) is 11.1 Å². The van der Waals surface area contributed by atoms with Crippen LogP contribution in [-0.4, -0.2) is 33.9 Å². The molecule has 0 atom stereocenters. The third-order valence-corrected chi connectivity index (χ3v) is 5.26. The van der Waals surface area contributed by atoms with E-state index in [0.29, 0.717) is 12.2 Å². The van der Waals surface area contributed by atoms with Crippen molar-refractivity contribution in [3.8, 4) is 0 Å². The van der Waals surface area contributed by atoms with Gasteiger partial charge in [-0.3, -0.25) is 9.78 Å². The van der Waals surface area contributed by atoms with Crippen molar-refractivity contribution >= 4 is 22.8 Å². The highest BCUT2D eigenvalue weighted by atomic mass is 16.1. The number of hydrogen-bond acceptors (Lipinski definition) is 5. The van der Waals surface area contributed by atoms with Gasteiger partial charge in [-0.25, -0.2) is 9.97 Å². The molecule has 4 rings (SSSR count). The number of benzene rings is 1. The van der Waals surface area contributed by atoms with E-state index in [1.54, 1.807) is 12.4 Å². The first kappa shape index (κ1) is 17.4. The van der Waals surface area contributed by atoms with Gasteiger partial charge in [0.05, 0.1) is 11.9 Å². The summed E-state index contributed by atoms with van der Waals surface area (Å²) in [7, 11) is 0. The van der Waals surface area contributed by atoms with Crippen molar-refractivity contribution in [1.29, 1.82) is 0 Å². The molecule has 3 aromatic rings. The number of carbonyl (C=O) groups is 1. The number of pyridine rings is 1. The van der Waals surface area contributed by atoms with Crippen LogP contribution in [0, 0.1) is 12.8 Å². The predicted octanol–water partition coefficient (Wildman–Crippen LogP) is 2.87. The summed E-state index contributed by atoms with van der Waals surface area (Å²) in [5, 5.41) is 3.10. The average molecular weight is 361 g/mol. The van der Waals surface area contributed by atoms with Gasteiger partial charge in [0, 0.05) is 37.9 Å². The maximum atomic E-state index is 12.5. The molecule has 0 saturated carbocycles. The first-order chi connectivity index (χ1) is 13.2. The van der Waals surface area contributed by atoms with Crippen molar-refractivity contribution in [3.05, 3.63) is 60.0 Å². The van der Waals surface area contributed by atoms with Gasteiger partial charge >= 0.3 is 0 Å². The minimum Gasteiger partial charge on any atom is -0.370 e. The molecule has 1 fully saturated rings. The van der Waals surface area contributed by atoms with Gasteiger partial charge in [0.15, 0.2) is 5.65 Å². The Balaban J connectivity index is 1.34. The highest BCUT2D eigenvalue weighted by Gasteiger charge is 2.25. The van der Waals surface area contributed by atoms with Gasteiger partial charge in [0.25, 0.3) is 0 Å². The molecule has 1 aliphatic heterocycles. The van der Waals surface area contributed by atoms with E-state index in [2.05, 4.69) is 44.2 Å². The van der Waals surface area contributed by atoms with Crippen LogP contribution in [0.3, 0.4) is 0 Å². The second kappa shape index (κ2) is 7.70. The second-order valence-electron chi connectivity index (χ2n) is 7.00. The Bertz CT molecular complexity index is 950. The molecule has 0 spiro atoms. The standard InChI is InChI=1S/C21H23N5O/c1-15-4-2-3-5-17(15)13-25-21(27)16-6-10-26(11-7-16)18-12-19-20(24-14-18)23-9-8-22-19/h2-5,8-9,12,14,16H,6-7,10-11,13H2,1H3,(H,25,27). The Hall–Kier alpha value is -3.02. The van der Waals surface area contributed by atoms with Crippen LogP contribution in [-0.2, 0) is 11.3 Å². The monoisotopic (exact) mass is 361 g/mol. The summed E-state index contributed by atoms with van der Waals surface area (Å²) >= 11 is 0. The molecule has 0 aliphatic carbocycles. The Kier molecular flexibility index (Phi) is 4.96. The van der Waals surface area contributed by atoms with Crippen molar-refractivity contribution in [2.75, 3.05) is 18.0 Å². The molecule has 27 heavy (non-hydrogen) atoms. The fraction of sp³-hybridized carbons (Fsp3) is 0.333. The van der Waals surface area contributed by atoms with Crippen LogP contribution in [0.25, 0.3) is 11.2 Å². The number of rotatable bonds is 4. The lowest BCUT2D eigenvalue weighted by atomic mass is 9.95. The van der Waals surface area contributed by atoms with Gasteiger partial charge in [-0.15, -0.1) is 0 Å². The SMILES string of the molecule is Cc1ccccc1CNC(=O)C1CCN(c2cnc3nccnc3c2)CC1. The predicted molar refractivity (Wildman–Crippen MR) is 105 cm³/mol. The highest BCUT2D eigenvalue weighted by molar-refractivity contribution is 5.79. The Morgan fingerprint density at radius 1 is 1.15 bits per heavy atom. The topological polar surface area (TPSA) is 71.0 Å². The van der Waals surface area contributed by atoms with Crippen molar-refractivity contribution in [2.24, 2.45) is 5.92 Å². The molecule has 0 bridgehead atoms. The summed E-state index contributed by atoms with van der Waals surface area (Å²) in [5.41, 5.74) is 4.88. The molecule has 1 aromatic carbocycles. The van der Waals surface area contributed by atoms with E-state index in [0.717, 1.165) is 37.1 Å². The molecule has 138 valence electrons. The van der Waals surface area contributed by atoms with E-state index >= 15 is 0 Å². The number of aromatic nitrogens is 3. The molecule has 1 amide bonds. The zero-order valence-corrected chi connectivity index (χ0v) is 15.4. The number of aryl methyl sites for hydroxylation is 1. The molecular weight excluding hydrogens is 338 g/mol. The molecule has 0 unspecified atom stereocenters. The van der Waals surface area contributed by atoms with E-state index in [4.69, 9.17) is 0 Å². The van der Waals surface area contributed by atoms with Crippen LogP contribution in [0.4, 0.5) is 5.69 Å². The zero-order valence-electron chi connectivity index (χ0n) is 15.4. The molecule has 1 aliphatic rings. The smallest absolute Gasteiger partial charge is 0.223 e. The largest absolute Gasteiger partial charge is 0.370 e.